The Balaban J connectivity index is 1.96. The van der Waals surface area contributed by atoms with Crippen molar-refractivity contribution in [1.29, 1.82) is 0 Å². The fourth-order valence-electron chi connectivity index (χ4n) is 2.64. The van der Waals surface area contributed by atoms with E-state index in [0.29, 0.717) is 11.3 Å². The third-order valence-electron chi connectivity index (χ3n) is 3.93. The number of fused-ring (bicyclic) bond motifs is 1. The summed E-state index contributed by atoms with van der Waals surface area (Å²) in [7, 11) is 0. The third-order valence-corrected chi connectivity index (χ3v) is 3.93. The lowest BCUT2D eigenvalue weighted by Gasteiger charge is -2.20. The Bertz CT molecular complexity index is 743. The van der Waals surface area contributed by atoms with Gasteiger partial charge >= 0.3 is 0 Å². The predicted octanol–water partition coefficient (Wildman–Crippen LogP) is 2.06. The molecule has 2 aromatic rings. The van der Waals surface area contributed by atoms with Gasteiger partial charge in [0.1, 0.15) is 5.69 Å². The van der Waals surface area contributed by atoms with E-state index in [4.69, 9.17) is 0 Å². The van der Waals surface area contributed by atoms with Crippen molar-refractivity contribution in [3.63, 3.8) is 0 Å². The standard InChI is InChI=1S/C17H16N2O3/c1-2-11-6-7-13-12(9-11)17(22,16(21)19-13)10-15(20)14-5-3-4-8-18-14/h3-9,22H,2,10H2,1H3,(H,19,21). The van der Waals surface area contributed by atoms with E-state index in [9.17, 15) is 14.7 Å². The first kappa shape index (κ1) is 14.4. The summed E-state index contributed by atoms with van der Waals surface area (Å²) in [5.41, 5.74) is 0.414. The summed E-state index contributed by atoms with van der Waals surface area (Å²) < 4.78 is 0. The molecule has 1 aliphatic rings. The summed E-state index contributed by atoms with van der Waals surface area (Å²) in [6, 6.07) is 10.4. The number of rotatable bonds is 4. The number of nitrogens with one attached hydrogen (secondary N) is 1. The van der Waals surface area contributed by atoms with Gasteiger partial charge in [-0.25, -0.2) is 0 Å². The van der Waals surface area contributed by atoms with Gasteiger partial charge in [0.2, 0.25) is 0 Å². The highest BCUT2D eigenvalue weighted by atomic mass is 16.3. The number of hydrogen-bond acceptors (Lipinski definition) is 4. The molecule has 1 aromatic heterocycles. The summed E-state index contributed by atoms with van der Waals surface area (Å²) in [4.78, 5) is 28.5. The van der Waals surface area contributed by atoms with Crippen LogP contribution in [0.15, 0.2) is 42.6 Å². The number of carbonyl (C=O) groups excluding carboxylic acids is 2. The van der Waals surface area contributed by atoms with Gasteiger partial charge in [0.15, 0.2) is 11.4 Å². The molecule has 2 heterocycles. The van der Waals surface area contributed by atoms with Crippen molar-refractivity contribution in [3.8, 4) is 0 Å². The van der Waals surface area contributed by atoms with Gasteiger partial charge in [0, 0.05) is 17.4 Å². The summed E-state index contributed by atoms with van der Waals surface area (Å²) in [5.74, 6) is -0.937. The Morgan fingerprint density at radius 1 is 1.32 bits per heavy atom. The lowest BCUT2D eigenvalue weighted by Crippen LogP contribution is -2.36. The molecule has 1 aliphatic heterocycles. The zero-order chi connectivity index (χ0) is 15.7. The lowest BCUT2D eigenvalue weighted by atomic mass is 9.88. The number of pyridine rings is 1. The SMILES string of the molecule is CCc1ccc2c(c1)C(O)(CC(=O)c1ccccn1)C(=O)N2. The Morgan fingerprint density at radius 2 is 2.14 bits per heavy atom. The molecule has 22 heavy (non-hydrogen) atoms. The average molecular weight is 296 g/mol. The van der Waals surface area contributed by atoms with Gasteiger partial charge in [-0.05, 0) is 30.2 Å². The van der Waals surface area contributed by atoms with Crippen LogP contribution in [0.1, 0.15) is 35.0 Å². The van der Waals surface area contributed by atoms with Crippen LogP contribution < -0.4 is 5.32 Å². The normalized spacial score (nSPS) is 19.6. The summed E-state index contributed by atoms with van der Waals surface area (Å²) in [6.07, 6.45) is 1.97. The van der Waals surface area contributed by atoms with Gasteiger partial charge in [-0.1, -0.05) is 25.1 Å². The fourth-order valence-corrected chi connectivity index (χ4v) is 2.64. The minimum absolute atomic E-state index is 0.240. The quantitative estimate of drug-likeness (QED) is 0.846. The number of carbonyl (C=O) groups is 2. The van der Waals surface area contributed by atoms with Crippen LogP contribution in [-0.4, -0.2) is 21.8 Å². The number of anilines is 1. The molecule has 0 saturated carbocycles. The van der Waals surface area contributed by atoms with E-state index >= 15 is 0 Å². The zero-order valence-electron chi connectivity index (χ0n) is 12.2. The van der Waals surface area contributed by atoms with E-state index in [1.807, 2.05) is 13.0 Å². The van der Waals surface area contributed by atoms with Crippen molar-refractivity contribution < 1.29 is 14.7 Å². The number of Topliss-reactive ketones (excluding diaryl/α,β-unsaturated/α-hetero) is 1. The van der Waals surface area contributed by atoms with Crippen LogP contribution >= 0.6 is 0 Å². The maximum absolute atomic E-state index is 12.3. The van der Waals surface area contributed by atoms with Gasteiger partial charge in [0.25, 0.3) is 5.91 Å². The molecule has 0 aliphatic carbocycles. The van der Waals surface area contributed by atoms with Crippen molar-refractivity contribution >= 4 is 17.4 Å². The molecule has 1 atom stereocenters. The predicted molar refractivity (Wildman–Crippen MR) is 81.5 cm³/mol. The van der Waals surface area contributed by atoms with Crippen molar-refractivity contribution in [2.75, 3.05) is 5.32 Å². The molecule has 1 amide bonds. The topological polar surface area (TPSA) is 79.3 Å². The Labute approximate surface area is 128 Å². The van der Waals surface area contributed by atoms with E-state index in [0.717, 1.165) is 12.0 Å². The molecule has 0 saturated heterocycles. The number of amides is 1. The molecule has 5 nitrogen and oxygen atoms in total. The molecule has 112 valence electrons. The van der Waals surface area contributed by atoms with E-state index in [1.54, 1.807) is 30.3 Å². The van der Waals surface area contributed by atoms with Crippen LogP contribution in [0, 0.1) is 0 Å². The van der Waals surface area contributed by atoms with Gasteiger partial charge < -0.3 is 10.4 Å². The molecule has 1 unspecified atom stereocenters. The average Bonchev–Trinajstić information content (AvgIpc) is 2.79. The van der Waals surface area contributed by atoms with Crippen LogP contribution in [-0.2, 0) is 16.8 Å². The molecule has 1 aromatic carbocycles. The first-order chi connectivity index (χ1) is 10.5. The first-order valence-electron chi connectivity index (χ1n) is 7.16. The van der Waals surface area contributed by atoms with Gasteiger partial charge in [-0.3, -0.25) is 14.6 Å². The summed E-state index contributed by atoms with van der Waals surface area (Å²) in [6.45, 7) is 1.99. The van der Waals surface area contributed by atoms with Crippen LogP contribution in [0.3, 0.4) is 0 Å². The van der Waals surface area contributed by atoms with E-state index < -0.39 is 11.5 Å². The van der Waals surface area contributed by atoms with E-state index in [2.05, 4.69) is 10.3 Å². The number of aliphatic hydroxyl groups is 1. The minimum atomic E-state index is -1.84. The highest BCUT2D eigenvalue weighted by Gasteiger charge is 2.47. The molecule has 2 N–H and O–H groups in total. The smallest absolute Gasteiger partial charge is 0.261 e. The number of benzene rings is 1. The monoisotopic (exact) mass is 296 g/mol. The Morgan fingerprint density at radius 3 is 2.82 bits per heavy atom. The summed E-state index contributed by atoms with van der Waals surface area (Å²) >= 11 is 0. The van der Waals surface area contributed by atoms with Crippen molar-refractivity contribution in [3.05, 3.63) is 59.4 Å². The molecule has 0 radical (unpaired) electrons. The zero-order valence-corrected chi connectivity index (χ0v) is 12.2. The van der Waals surface area contributed by atoms with Gasteiger partial charge in [-0.2, -0.15) is 0 Å². The second-order valence-electron chi connectivity index (χ2n) is 5.36. The molecule has 0 fully saturated rings. The van der Waals surface area contributed by atoms with Crippen LogP contribution in [0.4, 0.5) is 5.69 Å². The van der Waals surface area contributed by atoms with Crippen molar-refractivity contribution in [1.82, 2.24) is 4.98 Å². The highest BCUT2D eigenvalue weighted by molar-refractivity contribution is 6.09. The molecule has 0 spiro atoms. The first-order valence-corrected chi connectivity index (χ1v) is 7.16. The van der Waals surface area contributed by atoms with Gasteiger partial charge in [0.05, 0.1) is 6.42 Å². The number of aryl methyl sites for hydroxylation is 1. The Hall–Kier alpha value is -2.53. The second-order valence-corrected chi connectivity index (χ2v) is 5.36. The molecular weight excluding hydrogens is 280 g/mol. The maximum atomic E-state index is 12.3. The van der Waals surface area contributed by atoms with Gasteiger partial charge in [-0.15, -0.1) is 0 Å². The lowest BCUT2D eigenvalue weighted by molar-refractivity contribution is -0.133. The Kier molecular flexibility index (Phi) is 3.50. The number of hydrogen-bond donors (Lipinski definition) is 2. The molecule has 3 rings (SSSR count). The number of ketones is 1. The van der Waals surface area contributed by atoms with E-state index in [-0.39, 0.29) is 17.9 Å². The highest BCUT2D eigenvalue weighted by Crippen LogP contribution is 2.39. The van der Waals surface area contributed by atoms with Crippen LogP contribution in [0.25, 0.3) is 0 Å². The van der Waals surface area contributed by atoms with Crippen molar-refractivity contribution in [2.24, 2.45) is 0 Å². The van der Waals surface area contributed by atoms with E-state index in [1.165, 1.54) is 6.20 Å². The number of nitrogens with zero attached hydrogens (tertiary/aromatic N) is 1. The second kappa shape index (κ2) is 5.35. The maximum Gasteiger partial charge on any atom is 0.261 e. The van der Waals surface area contributed by atoms with Crippen LogP contribution in [0.2, 0.25) is 0 Å². The minimum Gasteiger partial charge on any atom is -0.375 e. The molecule has 0 bridgehead atoms. The van der Waals surface area contributed by atoms with Crippen molar-refractivity contribution in [2.45, 2.75) is 25.4 Å². The molecular formula is C17H16N2O3. The number of aromatic nitrogens is 1. The summed E-state index contributed by atoms with van der Waals surface area (Å²) in [5, 5.41) is 13.4. The molecule has 5 heteroatoms. The fraction of sp³-hybridized carbons (Fsp3) is 0.235. The van der Waals surface area contributed by atoms with Crippen LogP contribution in [0.5, 0.6) is 0 Å². The third kappa shape index (κ3) is 2.29. The largest absolute Gasteiger partial charge is 0.375 e.